The first-order valence-corrected chi connectivity index (χ1v) is 9.50. The van der Waals surface area contributed by atoms with Crippen LogP contribution in [-0.4, -0.2) is 34.1 Å². The number of benzene rings is 2. The molecule has 2 aromatic carbocycles. The molecule has 0 amide bonds. The summed E-state index contributed by atoms with van der Waals surface area (Å²) in [4.78, 5) is 16.9. The van der Waals surface area contributed by atoms with Crippen molar-refractivity contribution >= 4 is 23.8 Å². The Labute approximate surface area is 166 Å². The van der Waals surface area contributed by atoms with Crippen molar-refractivity contribution in [2.75, 3.05) is 7.11 Å². The molecule has 7 heteroatoms. The maximum atomic E-state index is 12.2. The van der Waals surface area contributed by atoms with E-state index >= 15 is 0 Å². The topological polar surface area (TPSA) is 69.4 Å². The number of carbonyl (C=O) groups is 1. The molecule has 2 heterocycles. The molecule has 1 atom stereocenters. The van der Waals surface area contributed by atoms with E-state index < -0.39 is 0 Å². The van der Waals surface area contributed by atoms with Crippen LogP contribution in [0.1, 0.15) is 57.9 Å². The number of hydrogen-bond donors (Lipinski definition) is 0. The molecule has 6 nitrogen and oxygen atoms in total. The van der Waals surface area contributed by atoms with Crippen molar-refractivity contribution in [2.45, 2.75) is 24.8 Å². The number of aliphatic imine (C=N–C) groups is 1. The number of aromatic nitrogens is 3. The second kappa shape index (κ2) is 6.56. The van der Waals surface area contributed by atoms with E-state index in [1.165, 1.54) is 7.11 Å². The molecule has 0 spiro atoms. The standard InChI is InChI=1S/C21H17ClN4O2/c1-28-21(27)13-8-9-17-15(10-13)19(14-4-2-3-5-16(14)22)23-11-18-24-25-20(26(17)18)12-6-7-12/h2-5,8-12,19H,6-7H2,1H3. The average molecular weight is 393 g/mol. The predicted octanol–water partition coefficient (Wildman–Crippen LogP) is 4.11. The Bertz CT molecular complexity index is 1120. The normalized spacial score (nSPS) is 17.6. The molecule has 0 saturated heterocycles. The fraction of sp³-hybridized carbons (Fsp3) is 0.238. The van der Waals surface area contributed by atoms with Crippen LogP contribution >= 0.6 is 11.6 Å². The number of rotatable bonds is 3. The Morgan fingerprint density at radius 2 is 1.96 bits per heavy atom. The summed E-state index contributed by atoms with van der Waals surface area (Å²) in [6.45, 7) is 0. The maximum absolute atomic E-state index is 12.2. The van der Waals surface area contributed by atoms with E-state index in [0.717, 1.165) is 35.5 Å². The number of carbonyl (C=O) groups excluding carboxylic acids is 1. The van der Waals surface area contributed by atoms with Gasteiger partial charge in [-0.15, -0.1) is 10.2 Å². The zero-order chi connectivity index (χ0) is 19.3. The Hall–Kier alpha value is -2.99. The highest BCUT2D eigenvalue weighted by Gasteiger charge is 2.33. The Kier molecular flexibility index (Phi) is 4.02. The lowest BCUT2D eigenvalue weighted by Crippen LogP contribution is -2.10. The molecule has 0 N–H and O–H groups in total. The SMILES string of the molecule is COC(=O)c1ccc2c(c1)C(c1ccccc1Cl)N=Cc1nnc(C3CC3)n1-2. The van der Waals surface area contributed by atoms with Gasteiger partial charge in [0.1, 0.15) is 11.9 Å². The number of nitrogens with zero attached hydrogens (tertiary/aromatic N) is 4. The van der Waals surface area contributed by atoms with Gasteiger partial charge in [0.05, 0.1) is 24.6 Å². The monoisotopic (exact) mass is 392 g/mol. The average Bonchev–Trinajstić information content (AvgIpc) is 3.50. The van der Waals surface area contributed by atoms with Gasteiger partial charge < -0.3 is 4.74 Å². The number of ether oxygens (including phenoxy) is 1. The first kappa shape index (κ1) is 17.1. The van der Waals surface area contributed by atoms with E-state index in [1.807, 2.05) is 36.4 Å². The first-order chi connectivity index (χ1) is 13.7. The Morgan fingerprint density at radius 3 is 2.71 bits per heavy atom. The van der Waals surface area contributed by atoms with Crippen molar-refractivity contribution < 1.29 is 9.53 Å². The van der Waals surface area contributed by atoms with Crippen molar-refractivity contribution in [3.05, 3.63) is 75.8 Å². The summed E-state index contributed by atoms with van der Waals surface area (Å²) in [7, 11) is 1.38. The predicted molar refractivity (Wildman–Crippen MR) is 106 cm³/mol. The number of hydrogen-bond acceptors (Lipinski definition) is 5. The minimum Gasteiger partial charge on any atom is -0.465 e. The van der Waals surface area contributed by atoms with E-state index in [4.69, 9.17) is 21.3 Å². The molecule has 0 radical (unpaired) electrons. The fourth-order valence-electron chi connectivity index (χ4n) is 3.63. The van der Waals surface area contributed by atoms with Crippen molar-refractivity contribution in [3.8, 4) is 5.69 Å². The molecule has 140 valence electrons. The summed E-state index contributed by atoms with van der Waals surface area (Å²) in [6, 6.07) is 12.8. The largest absolute Gasteiger partial charge is 0.465 e. The first-order valence-electron chi connectivity index (χ1n) is 9.13. The van der Waals surface area contributed by atoms with Gasteiger partial charge in [-0.05, 0) is 42.7 Å². The molecule has 0 bridgehead atoms. The molecule has 3 aromatic rings. The second-order valence-corrected chi connectivity index (χ2v) is 7.40. The summed E-state index contributed by atoms with van der Waals surface area (Å²) in [6.07, 6.45) is 3.96. The molecule has 5 rings (SSSR count). The summed E-state index contributed by atoms with van der Waals surface area (Å²) in [5.74, 6) is 1.65. The van der Waals surface area contributed by atoms with Gasteiger partial charge in [-0.25, -0.2) is 4.79 Å². The molecule has 1 aromatic heterocycles. The highest BCUT2D eigenvalue weighted by Crippen LogP contribution is 2.43. The van der Waals surface area contributed by atoms with Gasteiger partial charge in [0.2, 0.25) is 0 Å². The highest BCUT2D eigenvalue weighted by atomic mass is 35.5. The van der Waals surface area contributed by atoms with E-state index in [-0.39, 0.29) is 12.0 Å². The Balaban J connectivity index is 1.76. The van der Waals surface area contributed by atoms with Crippen LogP contribution < -0.4 is 0 Å². The molecule has 28 heavy (non-hydrogen) atoms. The smallest absolute Gasteiger partial charge is 0.337 e. The molecule has 1 unspecified atom stereocenters. The van der Waals surface area contributed by atoms with Crippen LogP contribution in [-0.2, 0) is 4.74 Å². The van der Waals surface area contributed by atoms with Gasteiger partial charge >= 0.3 is 5.97 Å². The van der Waals surface area contributed by atoms with Crippen molar-refractivity contribution in [3.63, 3.8) is 0 Å². The lowest BCUT2D eigenvalue weighted by atomic mass is 9.95. The van der Waals surface area contributed by atoms with Gasteiger partial charge in [0, 0.05) is 16.5 Å². The molecule has 2 aliphatic rings. The van der Waals surface area contributed by atoms with Crippen LogP contribution in [0.5, 0.6) is 0 Å². The van der Waals surface area contributed by atoms with Crippen LogP contribution in [0.25, 0.3) is 5.69 Å². The van der Waals surface area contributed by atoms with Gasteiger partial charge in [-0.3, -0.25) is 9.56 Å². The van der Waals surface area contributed by atoms with Crippen LogP contribution in [0.3, 0.4) is 0 Å². The van der Waals surface area contributed by atoms with E-state index in [0.29, 0.717) is 22.3 Å². The summed E-state index contributed by atoms with van der Waals surface area (Å²) in [5, 5.41) is 9.36. The number of esters is 1. The van der Waals surface area contributed by atoms with Crippen LogP contribution in [0.4, 0.5) is 0 Å². The van der Waals surface area contributed by atoms with Gasteiger partial charge in [0.15, 0.2) is 5.82 Å². The summed E-state index contributed by atoms with van der Waals surface area (Å²) >= 11 is 6.48. The number of methoxy groups -OCH3 is 1. The lowest BCUT2D eigenvalue weighted by molar-refractivity contribution is 0.0600. The van der Waals surface area contributed by atoms with Gasteiger partial charge in [-0.2, -0.15) is 0 Å². The number of fused-ring (bicyclic) bond motifs is 3. The molecule has 1 aliphatic heterocycles. The zero-order valence-electron chi connectivity index (χ0n) is 15.2. The van der Waals surface area contributed by atoms with E-state index in [9.17, 15) is 4.79 Å². The third kappa shape index (κ3) is 2.72. The van der Waals surface area contributed by atoms with Crippen molar-refractivity contribution in [1.82, 2.24) is 14.8 Å². The molecular formula is C21H17ClN4O2. The van der Waals surface area contributed by atoms with Crippen molar-refractivity contribution in [1.29, 1.82) is 0 Å². The van der Waals surface area contributed by atoms with E-state index in [1.54, 1.807) is 12.3 Å². The molecule has 1 fully saturated rings. The van der Waals surface area contributed by atoms with E-state index in [2.05, 4.69) is 14.8 Å². The molecule has 1 aliphatic carbocycles. The molecule has 1 saturated carbocycles. The van der Waals surface area contributed by atoms with Gasteiger partial charge in [-0.1, -0.05) is 29.8 Å². The third-order valence-electron chi connectivity index (χ3n) is 5.18. The lowest BCUT2D eigenvalue weighted by Gasteiger charge is -2.19. The number of halogens is 1. The second-order valence-electron chi connectivity index (χ2n) is 6.99. The zero-order valence-corrected chi connectivity index (χ0v) is 15.9. The van der Waals surface area contributed by atoms with Gasteiger partial charge in [0.25, 0.3) is 0 Å². The quantitative estimate of drug-likeness (QED) is 0.629. The summed E-state index contributed by atoms with van der Waals surface area (Å²) in [5.41, 5.74) is 3.12. The minimum atomic E-state index is -0.389. The van der Waals surface area contributed by atoms with Crippen LogP contribution in [0.15, 0.2) is 47.5 Å². The van der Waals surface area contributed by atoms with Crippen molar-refractivity contribution in [2.24, 2.45) is 4.99 Å². The Morgan fingerprint density at radius 1 is 1.14 bits per heavy atom. The van der Waals surface area contributed by atoms with Crippen LogP contribution in [0.2, 0.25) is 5.02 Å². The summed E-state index contributed by atoms with van der Waals surface area (Å²) < 4.78 is 6.96. The third-order valence-corrected chi connectivity index (χ3v) is 5.52. The fourth-order valence-corrected chi connectivity index (χ4v) is 3.87. The minimum absolute atomic E-state index is 0.359. The highest BCUT2D eigenvalue weighted by molar-refractivity contribution is 6.31. The maximum Gasteiger partial charge on any atom is 0.337 e. The van der Waals surface area contributed by atoms with Crippen LogP contribution in [0, 0.1) is 0 Å². The molecular weight excluding hydrogens is 376 g/mol.